The summed E-state index contributed by atoms with van der Waals surface area (Å²) in [7, 11) is 1.47. The fourth-order valence-electron chi connectivity index (χ4n) is 1.00. The molecule has 0 bridgehead atoms. The monoisotopic (exact) mass is 296 g/mol. The summed E-state index contributed by atoms with van der Waals surface area (Å²) in [4.78, 5) is 0. The quantitative estimate of drug-likeness (QED) is 0.649. The van der Waals surface area contributed by atoms with Gasteiger partial charge in [-0.3, -0.25) is 0 Å². The van der Waals surface area contributed by atoms with Crippen LogP contribution in [0.3, 0.4) is 0 Å². The van der Waals surface area contributed by atoms with Crippen molar-refractivity contribution in [2.24, 2.45) is 0 Å². The fraction of sp³-hybridized carbons (Fsp3) is 0.429. The van der Waals surface area contributed by atoms with Crippen LogP contribution in [-0.4, -0.2) is 7.37 Å². The Bertz CT molecular complexity index is 167. The average Bonchev–Trinajstić information content (AvgIpc) is 2.08. The average molecular weight is 298 g/mol. The van der Waals surface area contributed by atoms with Crippen LogP contribution >= 0.6 is 17.0 Å². The van der Waals surface area contributed by atoms with Gasteiger partial charge in [0.1, 0.15) is 0 Å². The van der Waals surface area contributed by atoms with Crippen molar-refractivity contribution in [3.05, 3.63) is 21.5 Å². The van der Waals surface area contributed by atoms with Gasteiger partial charge in [-0.2, -0.15) is 0 Å². The second-order valence-electron chi connectivity index (χ2n) is 3.57. The molecule has 0 aromatic rings. The molecule has 1 aliphatic rings. The van der Waals surface area contributed by atoms with Crippen LogP contribution in [0.25, 0.3) is 0 Å². The molecule has 0 aromatic carbocycles. The summed E-state index contributed by atoms with van der Waals surface area (Å²) in [6, 6.07) is 0. The van der Waals surface area contributed by atoms with E-state index in [9.17, 15) is 0 Å². The molecule has 0 radical (unpaired) electrons. The van der Waals surface area contributed by atoms with E-state index in [1.807, 2.05) is 3.28 Å². The number of allylic oxidation sites excluding steroid dienone is 4. The molecule has 1 aliphatic carbocycles. The Morgan fingerprint density at radius 1 is 1.50 bits per heavy atom. The van der Waals surface area contributed by atoms with Crippen molar-refractivity contribution in [3.8, 4) is 0 Å². The van der Waals surface area contributed by atoms with Gasteiger partial charge in [0.05, 0.1) is 0 Å². The van der Waals surface area contributed by atoms with Gasteiger partial charge >= 0.3 is 64.0 Å². The van der Waals surface area contributed by atoms with Gasteiger partial charge in [-0.15, -0.1) is 17.0 Å². The number of rotatable bonds is 1. The molecule has 0 spiro atoms. The molecular weight excluding hydrogens is 283 g/mol. The number of halogens is 1. The van der Waals surface area contributed by atoms with Crippen LogP contribution in [-0.2, 0) is 19.4 Å². The van der Waals surface area contributed by atoms with E-state index in [2.05, 4.69) is 27.5 Å². The summed E-state index contributed by atoms with van der Waals surface area (Å²) in [5.74, 6) is 0. The summed E-state index contributed by atoms with van der Waals surface area (Å²) < 4.78 is 6.87. The van der Waals surface area contributed by atoms with E-state index < -0.39 is 19.4 Å². The normalized spacial score (nSPS) is 16.8. The molecule has 0 heterocycles. The van der Waals surface area contributed by atoms with Crippen LogP contribution in [0, 0.1) is 0 Å². The van der Waals surface area contributed by atoms with Crippen molar-refractivity contribution in [1.82, 2.24) is 0 Å². The molecule has 0 nitrogen and oxygen atoms in total. The second kappa shape index (κ2) is 4.18. The van der Waals surface area contributed by atoms with E-state index in [-0.39, 0.29) is 17.0 Å². The molecule has 0 aliphatic heterocycles. The second-order valence-corrected chi connectivity index (χ2v) is 31.0. The Morgan fingerprint density at radius 3 is 2.30 bits per heavy atom. The molecule has 0 saturated carbocycles. The first-order valence-electron chi connectivity index (χ1n) is 3.47. The Kier molecular flexibility index (Phi) is 4.62. The van der Waals surface area contributed by atoms with Crippen LogP contribution in [0.4, 0.5) is 0 Å². The fourth-order valence-corrected chi connectivity index (χ4v) is 6.46. The van der Waals surface area contributed by atoms with Crippen molar-refractivity contribution in [2.75, 3.05) is 0 Å². The Hall–Kier alpha value is 1.06. The molecule has 1 rings (SSSR count). The van der Waals surface area contributed by atoms with Gasteiger partial charge in [-0.25, -0.2) is 0 Å². The molecule has 0 saturated heterocycles. The zero-order valence-electron chi connectivity index (χ0n) is 6.85. The molecule has 0 N–H and O–H groups in total. The first-order chi connectivity index (χ1) is 4.11. The third-order valence-electron chi connectivity index (χ3n) is 1.73. The molecule has 10 heavy (non-hydrogen) atoms. The minimum absolute atomic E-state index is 0. The van der Waals surface area contributed by atoms with Crippen LogP contribution < -0.4 is 0 Å². The standard InChI is InChI=1S/C5H5.2CH3.BrH.H3Si.Zr/c1-2-4-5-3-1;;;;;/h1-3H,4H2;2*1H3;1H;1H3;. The summed E-state index contributed by atoms with van der Waals surface area (Å²) >= 11 is -1.45. The third kappa shape index (κ3) is 2.98. The zero-order valence-corrected chi connectivity index (χ0v) is 13.0. The van der Waals surface area contributed by atoms with Gasteiger partial charge < -0.3 is 0 Å². The number of hydrogen-bond donors (Lipinski definition) is 0. The summed E-state index contributed by atoms with van der Waals surface area (Å²) in [6.07, 6.45) is 8.13. The Morgan fingerprint density at radius 2 is 2.10 bits per heavy atom. The van der Waals surface area contributed by atoms with E-state index in [1.165, 1.54) is 13.8 Å². The Balaban J connectivity index is 0.000000810. The van der Waals surface area contributed by atoms with E-state index >= 15 is 0 Å². The minimum atomic E-state index is -1.45. The molecule has 58 valence electrons. The molecule has 0 aromatic heterocycles. The van der Waals surface area contributed by atoms with Crippen molar-refractivity contribution in [1.29, 1.82) is 0 Å². The van der Waals surface area contributed by atoms with Gasteiger partial charge in [0, 0.05) is 0 Å². The molecule has 0 amide bonds. The predicted octanol–water partition coefficient (Wildman–Crippen LogP) is 1.94. The van der Waals surface area contributed by atoms with Gasteiger partial charge in [0.2, 0.25) is 0 Å². The van der Waals surface area contributed by atoms with Crippen LogP contribution in [0.1, 0.15) is 6.42 Å². The van der Waals surface area contributed by atoms with Gasteiger partial charge in [0.25, 0.3) is 0 Å². The molecule has 3 heteroatoms. The van der Waals surface area contributed by atoms with Gasteiger partial charge in [-0.05, 0) is 0 Å². The van der Waals surface area contributed by atoms with Crippen molar-refractivity contribution < 1.29 is 19.4 Å². The predicted molar refractivity (Wildman–Crippen MR) is 53.8 cm³/mol. The van der Waals surface area contributed by atoms with Crippen molar-refractivity contribution in [3.63, 3.8) is 0 Å². The van der Waals surface area contributed by atoms with Crippen molar-refractivity contribution in [2.45, 2.75) is 15.7 Å². The summed E-state index contributed by atoms with van der Waals surface area (Å²) in [5.41, 5.74) is 0. The molecule has 0 fully saturated rings. The van der Waals surface area contributed by atoms with Crippen LogP contribution in [0.5, 0.6) is 0 Å². The first kappa shape index (κ1) is 11.1. The van der Waals surface area contributed by atoms with Crippen LogP contribution in [0.2, 0.25) is 9.26 Å². The SMILES string of the molecule is Br.[CH3][Zr]([CH3])([SiH3])[C]1=CC=CC1. The van der Waals surface area contributed by atoms with Gasteiger partial charge in [-0.1, -0.05) is 0 Å². The van der Waals surface area contributed by atoms with Gasteiger partial charge in [0.15, 0.2) is 0 Å². The maximum atomic E-state index is 2.53. The topological polar surface area (TPSA) is 0 Å². The molecular formula is C7H15BrSiZr. The van der Waals surface area contributed by atoms with E-state index in [4.69, 9.17) is 0 Å². The summed E-state index contributed by atoms with van der Waals surface area (Å²) in [6.45, 7) is 0. The molecule has 0 unspecified atom stereocenters. The van der Waals surface area contributed by atoms with E-state index in [0.717, 1.165) is 0 Å². The third-order valence-corrected chi connectivity index (χ3v) is 11.2. The maximum absolute atomic E-state index is 2.53. The van der Waals surface area contributed by atoms with Crippen molar-refractivity contribution >= 4 is 24.4 Å². The first-order valence-corrected chi connectivity index (χ1v) is 18.0. The van der Waals surface area contributed by atoms with E-state index in [1.54, 1.807) is 0 Å². The zero-order chi connectivity index (χ0) is 6.91. The van der Waals surface area contributed by atoms with E-state index in [0.29, 0.717) is 0 Å². The number of hydrogen-bond acceptors (Lipinski definition) is 0. The molecule has 0 atom stereocenters. The Labute approximate surface area is 80.3 Å². The van der Waals surface area contributed by atoms with Crippen LogP contribution in [0.15, 0.2) is 21.5 Å². The summed E-state index contributed by atoms with van der Waals surface area (Å²) in [5, 5.41) is 0.